The first kappa shape index (κ1) is 10.9. The average molecular weight is 323 g/mol. The minimum atomic E-state index is 0. The maximum absolute atomic E-state index is 3.93. The maximum Gasteiger partial charge on any atom is 0.000429 e. The van der Waals surface area contributed by atoms with E-state index in [-0.39, 0.29) is 25.8 Å². The Labute approximate surface area is 81.7 Å². The zero-order valence-corrected chi connectivity index (χ0v) is 10.1. The number of aromatic nitrogens is 2. The molecule has 1 radical (unpaired) electrons. The molecule has 1 rings (SSSR count). The Hall–Kier alpha value is -0.128. The molecular weight excluding hydrogens is 310 g/mol. The number of rotatable bonds is 0. The second-order valence-electron chi connectivity index (χ2n) is 3.55. The number of imidazole rings is 1. The van der Waals surface area contributed by atoms with E-state index < -0.39 is 0 Å². The van der Waals surface area contributed by atoms with Crippen molar-refractivity contribution in [1.29, 1.82) is 0 Å². The van der Waals surface area contributed by atoms with Crippen LogP contribution >= 0.6 is 0 Å². The average Bonchev–Trinajstić information content (AvgIpc) is 2.11. The largest absolute Gasteiger partial charge is 0.453 e. The van der Waals surface area contributed by atoms with Gasteiger partial charge in [-0.1, -0.05) is 26.2 Å². The van der Waals surface area contributed by atoms with E-state index in [1.54, 1.807) is 0 Å². The van der Waals surface area contributed by atoms with Crippen molar-refractivity contribution >= 4 is 0 Å². The van der Waals surface area contributed by atoms with Crippen molar-refractivity contribution < 1.29 is 20.4 Å². The topological polar surface area (TPSA) is 17.8 Å². The third kappa shape index (κ3) is 2.43. The van der Waals surface area contributed by atoms with Gasteiger partial charge in [0, 0.05) is 26.8 Å². The summed E-state index contributed by atoms with van der Waals surface area (Å²) in [6.07, 6.45) is 4.70. The number of hydrogen-bond acceptors (Lipinski definition) is 1. The Balaban J connectivity index is 0.000001000. The van der Waals surface area contributed by atoms with Crippen LogP contribution in [0.25, 0.3) is 0 Å². The molecule has 0 spiro atoms. The standard InChI is InChI=1S/C8H13N2.Re/c1-8(2,3)7-5-9-6-10(7)4;/h5H,1-4H3;/q-1;. The number of nitrogens with zero attached hydrogens (tertiary/aromatic N) is 2. The fourth-order valence-electron chi connectivity index (χ4n) is 1.01. The first-order chi connectivity index (χ1) is 4.52. The van der Waals surface area contributed by atoms with E-state index in [2.05, 4.69) is 32.1 Å². The van der Waals surface area contributed by atoms with Crippen molar-refractivity contribution in [2.24, 2.45) is 7.05 Å². The van der Waals surface area contributed by atoms with Gasteiger partial charge in [-0.3, -0.25) is 0 Å². The molecule has 11 heavy (non-hydrogen) atoms. The van der Waals surface area contributed by atoms with Gasteiger partial charge in [0.2, 0.25) is 0 Å². The molecule has 1 heterocycles. The number of aryl methyl sites for hydroxylation is 1. The van der Waals surface area contributed by atoms with Crippen LogP contribution in [-0.2, 0) is 32.9 Å². The van der Waals surface area contributed by atoms with Crippen molar-refractivity contribution in [1.82, 2.24) is 9.55 Å². The summed E-state index contributed by atoms with van der Waals surface area (Å²) in [5.74, 6) is 0. The molecule has 1 aromatic rings. The van der Waals surface area contributed by atoms with E-state index in [4.69, 9.17) is 0 Å². The molecule has 0 N–H and O–H groups in total. The molecule has 0 fully saturated rings. The SMILES string of the molecule is Cn1[c-]ncc1C(C)(C)C.[Re]. The third-order valence-corrected chi connectivity index (χ3v) is 1.52. The van der Waals surface area contributed by atoms with Crippen LogP contribution in [0, 0.1) is 6.33 Å². The molecular formula is C8H13N2Re-. The van der Waals surface area contributed by atoms with Gasteiger partial charge in [0.05, 0.1) is 0 Å². The van der Waals surface area contributed by atoms with Crippen LogP contribution in [0.4, 0.5) is 0 Å². The number of hydrogen-bond donors (Lipinski definition) is 0. The maximum atomic E-state index is 3.93. The van der Waals surface area contributed by atoms with Crippen LogP contribution in [0.2, 0.25) is 0 Å². The van der Waals surface area contributed by atoms with Gasteiger partial charge in [0.25, 0.3) is 0 Å². The predicted molar refractivity (Wildman–Crippen MR) is 40.7 cm³/mol. The van der Waals surface area contributed by atoms with Crippen LogP contribution in [0.15, 0.2) is 6.20 Å². The molecule has 0 unspecified atom stereocenters. The zero-order chi connectivity index (χ0) is 7.78. The fourth-order valence-corrected chi connectivity index (χ4v) is 1.01. The van der Waals surface area contributed by atoms with Gasteiger partial charge in [0.15, 0.2) is 0 Å². The van der Waals surface area contributed by atoms with Gasteiger partial charge in [-0.2, -0.15) is 0 Å². The molecule has 0 aliphatic rings. The van der Waals surface area contributed by atoms with Crippen molar-refractivity contribution in [3.8, 4) is 0 Å². The van der Waals surface area contributed by atoms with E-state index in [0.29, 0.717) is 0 Å². The Morgan fingerprint density at radius 3 is 2.18 bits per heavy atom. The third-order valence-electron chi connectivity index (χ3n) is 1.52. The summed E-state index contributed by atoms with van der Waals surface area (Å²) in [5, 5.41) is 0. The summed E-state index contributed by atoms with van der Waals surface area (Å²) in [7, 11) is 1.97. The summed E-state index contributed by atoms with van der Waals surface area (Å²) in [4.78, 5) is 3.93. The predicted octanol–water partition coefficient (Wildman–Crippen LogP) is 1.52. The normalized spacial score (nSPS) is 10.9. The molecule has 0 bridgehead atoms. The second kappa shape index (κ2) is 3.51. The van der Waals surface area contributed by atoms with E-state index in [9.17, 15) is 0 Å². The van der Waals surface area contributed by atoms with Gasteiger partial charge in [0.1, 0.15) is 0 Å². The van der Waals surface area contributed by atoms with Crippen LogP contribution in [0.3, 0.4) is 0 Å². The molecule has 0 aliphatic heterocycles. The molecule has 0 atom stereocenters. The monoisotopic (exact) mass is 324 g/mol. The van der Waals surface area contributed by atoms with Gasteiger partial charge < -0.3 is 9.55 Å². The van der Waals surface area contributed by atoms with Crippen molar-refractivity contribution in [2.75, 3.05) is 0 Å². The summed E-state index contributed by atoms with van der Waals surface area (Å²) in [6, 6.07) is 0. The smallest absolute Gasteiger partial charge is 0.000429 e. The quantitative estimate of drug-likeness (QED) is 0.662. The fraction of sp³-hybridized carbons (Fsp3) is 0.625. The second-order valence-corrected chi connectivity index (χ2v) is 3.55. The van der Waals surface area contributed by atoms with E-state index in [1.165, 1.54) is 5.69 Å². The van der Waals surface area contributed by atoms with E-state index in [1.807, 2.05) is 17.8 Å². The Morgan fingerprint density at radius 1 is 1.45 bits per heavy atom. The molecule has 2 nitrogen and oxygen atoms in total. The van der Waals surface area contributed by atoms with Crippen molar-refractivity contribution in [2.45, 2.75) is 26.2 Å². The molecule has 3 heteroatoms. The van der Waals surface area contributed by atoms with Crippen LogP contribution < -0.4 is 0 Å². The van der Waals surface area contributed by atoms with Crippen LogP contribution in [0.1, 0.15) is 26.5 Å². The van der Waals surface area contributed by atoms with Gasteiger partial charge in [-0.25, -0.2) is 0 Å². The molecule has 63 valence electrons. The van der Waals surface area contributed by atoms with E-state index in [0.717, 1.165) is 0 Å². The Kier molecular flexibility index (Phi) is 3.47. The van der Waals surface area contributed by atoms with E-state index >= 15 is 0 Å². The zero-order valence-electron chi connectivity index (χ0n) is 7.35. The van der Waals surface area contributed by atoms with Gasteiger partial charge in [-0.05, 0) is 7.05 Å². The summed E-state index contributed by atoms with van der Waals surface area (Å²) >= 11 is 0. The van der Waals surface area contributed by atoms with Crippen LogP contribution in [-0.4, -0.2) is 9.55 Å². The first-order valence-corrected chi connectivity index (χ1v) is 3.41. The molecule has 0 saturated carbocycles. The summed E-state index contributed by atoms with van der Waals surface area (Å²) in [5.41, 5.74) is 1.40. The Bertz CT molecular complexity index is 222. The molecule has 1 aromatic heterocycles. The molecule has 0 aromatic carbocycles. The van der Waals surface area contributed by atoms with Crippen molar-refractivity contribution in [3.05, 3.63) is 18.2 Å². The molecule has 0 saturated heterocycles. The Morgan fingerprint density at radius 2 is 2.00 bits per heavy atom. The van der Waals surface area contributed by atoms with Crippen molar-refractivity contribution in [3.63, 3.8) is 0 Å². The molecule has 0 amide bonds. The van der Waals surface area contributed by atoms with Crippen LogP contribution in [0.5, 0.6) is 0 Å². The summed E-state index contributed by atoms with van der Waals surface area (Å²) < 4.78 is 1.93. The summed E-state index contributed by atoms with van der Waals surface area (Å²) in [6.45, 7) is 6.49. The van der Waals surface area contributed by atoms with Gasteiger partial charge in [-0.15, -0.1) is 11.9 Å². The molecule has 0 aliphatic carbocycles. The minimum absolute atomic E-state index is 0. The van der Waals surface area contributed by atoms with Gasteiger partial charge >= 0.3 is 0 Å². The first-order valence-electron chi connectivity index (χ1n) is 3.41. The minimum Gasteiger partial charge on any atom is -0.453 e.